The monoisotopic (exact) mass is 325 g/mol. The summed E-state index contributed by atoms with van der Waals surface area (Å²) < 4.78 is 0. The van der Waals surface area contributed by atoms with Gasteiger partial charge in [-0.3, -0.25) is 4.79 Å². The summed E-state index contributed by atoms with van der Waals surface area (Å²) in [6.07, 6.45) is 0.453. The van der Waals surface area contributed by atoms with Crippen molar-refractivity contribution in [2.45, 2.75) is 13.3 Å². The van der Waals surface area contributed by atoms with E-state index in [-0.39, 0.29) is 5.91 Å². The van der Waals surface area contributed by atoms with Gasteiger partial charge >= 0.3 is 0 Å². The van der Waals surface area contributed by atoms with Crippen molar-refractivity contribution in [3.8, 4) is 0 Å². The van der Waals surface area contributed by atoms with Crippen LogP contribution in [0.2, 0.25) is 0 Å². The van der Waals surface area contributed by atoms with Crippen molar-refractivity contribution in [1.82, 2.24) is 15.1 Å². The first-order valence-electron chi connectivity index (χ1n) is 8.25. The van der Waals surface area contributed by atoms with Crippen molar-refractivity contribution >= 4 is 17.4 Å². The molecule has 0 bridgehead atoms. The molecular formula is C18H23N5O. The molecule has 126 valence electrons. The normalized spacial score (nSPS) is 14.6. The third-order valence-electron chi connectivity index (χ3n) is 4.34. The maximum Gasteiger partial charge on any atom is 0.227 e. The van der Waals surface area contributed by atoms with Gasteiger partial charge in [0.1, 0.15) is 0 Å². The first-order chi connectivity index (χ1) is 11.7. The molecule has 0 radical (unpaired) electrons. The van der Waals surface area contributed by atoms with Crippen LogP contribution >= 0.6 is 0 Å². The van der Waals surface area contributed by atoms with Crippen molar-refractivity contribution < 1.29 is 4.79 Å². The van der Waals surface area contributed by atoms with Crippen LogP contribution in [-0.4, -0.2) is 54.2 Å². The van der Waals surface area contributed by atoms with Gasteiger partial charge in [0.15, 0.2) is 5.82 Å². The summed E-state index contributed by atoms with van der Waals surface area (Å²) in [6, 6.07) is 12.0. The predicted octanol–water partition coefficient (Wildman–Crippen LogP) is 1.72. The van der Waals surface area contributed by atoms with Crippen LogP contribution in [-0.2, 0) is 11.2 Å². The highest BCUT2D eigenvalue weighted by Crippen LogP contribution is 2.14. The molecule has 2 heterocycles. The minimum Gasteiger partial charge on any atom is -0.388 e. The third kappa shape index (κ3) is 3.82. The van der Waals surface area contributed by atoms with E-state index in [4.69, 9.17) is 0 Å². The molecular weight excluding hydrogens is 302 g/mol. The van der Waals surface area contributed by atoms with Crippen LogP contribution in [0.15, 0.2) is 36.4 Å². The fourth-order valence-electron chi connectivity index (χ4n) is 2.82. The number of nitrogens with zero attached hydrogens (tertiary/aromatic N) is 4. The van der Waals surface area contributed by atoms with Gasteiger partial charge in [0, 0.05) is 38.9 Å². The molecule has 0 unspecified atom stereocenters. The average Bonchev–Trinajstić information content (AvgIpc) is 2.63. The molecule has 24 heavy (non-hydrogen) atoms. The Morgan fingerprint density at radius 3 is 2.33 bits per heavy atom. The lowest BCUT2D eigenvalue weighted by atomic mass is 10.1. The molecule has 0 saturated carbocycles. The number of piperazine rings is 1. The molecule has 0 spiro atoms. The van der Waals surface area contributed by atoms with E-state index in [1.165, 1.54) is 0 Å². The number of aryl methyl sites for hydroxylation is 1. The van der Waals surface area contributed by atoms with E-state index in [0.717, 1.165) is 48.9 Å². The van der Waals surface area contributed by atoms with E-state index in [9.17, 15) is 4.79 Å². The zero-order chi connectivity index (χ0) is 16.9. The second-order valence-corrected chi connectivity index (χ2v) is 6.02. The van der Waals surface area contributed by atoms with Crippen LogP contribution in [0.25, 0.3) is 0 Å². The second kappa shape index (κ2) is 7.29. The number of rotatable bonds is 4. The Kier molecular flexibility index (Phi) is 4.93. The molecule has 0 aliphatic carbocycles. The fourth-order valence-corrected chi connectivity index (χ4v) is 2.82. The molecule has 6 heteroatoms. The van der Waals surface area contributed by atoms with Crippen LogP contribution in [0, 0.1) is 6.92 Å². The predicted molar refractivity (Wildman–Crippen MR) is 95.3 cm³/mol. The van der Waals surface area contributed by atoms with Crippen molar-refractivity contribution in [2.75, 3.05) is 43.4 Å². The van der Waals surface area contributed by atoms with Gasteiger partial charge in [-0.2, -0.15) is 5.10 Å². The number of amides is 1. The van der Waals surface area contributed by atoms with Gasteiger partial charge < -0.3 is 15.1 Å². The average molecular weight is 325 g/mol. The van der Waals surface area contributed by atoms with Crippen LogP contribution < -0.4 is 10.2 Å². The number of nitrogens with one attached hydrogen (secondary N) is 1. The number of carbonyl (C=O) groups is 1. The van der Waals surface area contributed by atoms with Gasteiger partial charge in [0.25, 0.3) is 0 Å². The lowest BCUT2D eigenvalue weighted by Gasteiger charge is -2.35. The van der Waals surface area contributed by atoms with Gasteiger partial charge in [-0.25, -0.2) is 0 Å². The molecule has 2 aromatic rings. The maximum absolute atomic E-state index is 12.5. The Morgan fingerprint density at radius 1 is 1.04 bits per heavy atom. The summed E-state index contributed by atoms with van der Waals surface area (Å²) in [5.41, 5.74) is 3.02. The lowest BCUT2D eigenvalue weighted by Crippen LogP contribution is -2.49. The lowest BCUT2D eigenvalue weighted by molar-refractivity contribution is -0.130. The topological polar surface area (TPSA) is 61.4 Å². The van der Waals surface area contributed by atoms with Gasteiger partial charge in [0.05, 0.1) is 12.1 Å². The number of benzene rings is 1. The molecule has 1 amide bonds. The molecule has 3 rings (SSSR count). The number of carbonyl (C=O) groups excluding carboxylic acids is 1. The fraction of sp³-hybridized carbons (Fsp3) is 0.389. The zero-order valence-corrected chi connectivity index (χ0v) is 14.2. The first kappa shape index (κ1) is 16.2. The van der Waals surface area contributed by atoms with Crippen LogP contribution in [0.1, 0.15) is 11.3 Å². The van der Waals surface area contributed by atoms with Gasteiger partial charge in [-0.05, 0) is 36.8 Å². The summed E-state index contributed by atoms with van der Waals surface area (Å²) in [5, 5.41) is 11.4. The number of hydrogen-bond acceptors (Lipinski definition) is 5. The molecule has 1 fully saturated rings. The Labute approximate surface area is 142 Å². The standard InChI is InChI=1S/C18H23N5O/c1-14-3-8-17(21-20-14)22-9-11-23(12-10-22)18(24)13-15-4-6-16(19-2)7-5-15/h3-8,19H,9-13H2,1-2H3. The third-order valence-corrected chi connectivity index (χ3v) is 4.34. The smallest absolute Gasteiger partial charge is 0.227 e. The van der Waals surface area contributed by atoms with Crippen molar-refractivity contribution in [3.63, 3.8) is 0 Å². The van der Waals surface area contributed by atoms with Crippen LogP contribution in [0.4, 0.5) is 11.5 Å². The van der Waals surface area contributed by atoms with Gasteiger partial charge in [-0.15, -0.1) is 5.10 Å². The first-order valence-corrected chi connectivity index (χ1v) is 8.25. The van der Waals surface area contributed by atoms with Gasteiger partial charge in [-0.1, -0.05) is 12.1 Å². The number of hydrogen-bond donors (Lipinski definition) is 1. The Bertz CT molecular complexity index is 676. The highest BCUT2D eigenvalue weighted by atomic mass is 16.2. The summed E-state index contributed by atoms with van der Waals surface area (Å²) in [7, 11) is 1.89. The van der Waals surface area contributed by atoms with Crippen LogP contribution in [0.5, 0.6) is 0 Å². The highest BCUT2D eigenvalue weighted by Gasteiger charge is 2.22. The summed E-state index contributed by atoms with van der Waals surface area (Å²) in [6.45, 7) is 4.97. The molecule has 1 aliphatic heterocycles. The summed E-state index contributed by atoms with van der Waals surface area (Å²) in [4.78, 5) is 16.6. The van der Waals surface area contributed by atoms with E-state index in [1.54, 1.807) is 0 Å². The molecule has 1 aliphatic rings. The largest absolute Gasteiger partial charge is 0.388 e. The number of anilines is 2. The second-order valence-electron chi connectivity index (χ2n) is 6.02. The SMILES string of the molecule is CNc1ccc(CC(=O)N2CCN(c3ccc(C)nn3)CC2)cc1. The summed E-state index contributed by atoms with van der Waals surface area (Å²) >= 11 is 0. The zero-order valence-electron chi connectivity index (χ0n) is 14.2. The molecule has 1 saturated heterocycles. The van der Waals surface area contributed by atoms with Gasteiger partial charge in [0.2, 0.25) is 5.91 Å². The Hall–Kier alpha value is -2.63. The maximum atomic E-state index is 12.5. The quantitative estimate of drug-likeness (QED) is 0.927. The van der Waals surface area contributed by atoms with E-state index < -0.39 is 0 Å². The minimum atomic E-state index is 0.182. The van der Waals surface area contributed by atoms with Crippen molar-refractivity contribution in [1.29, 1.82) is 0 Å². The molecule has 6 nitrogen and oxygen atoms in total. The molecule has 0 atom stereocenters. The van der Waals surface area contributed by atoms with E-state index in [1.807, 2.05) is 55.3 Å². The van der Waals surface area contributed by atoms with E-state index in [0.29, 0.717) is 6.42 Å². The van der Waals surface area contributed by atoms with Crippen molar-refractivity contribution in [3.05, 3.63) is 47.7 Å². The number of aromatic nitrogens is 2. The minimum absolute atomic E-state index is 0.182. The van der Waals surface area contributed by atoms with E-state index >= 15 is 0 Å². The molecule has 1 N–H and O–H groups in total. The molecule has 1 aromatic carbocycles. The Balaban J connectivity index is 1.53. The summed E-state index contributed by atoms with van der Waals surface area (Å²) in [5.74, 6) is 1.07. The van der Waals surface area contributed by atoms with Crippen LogP contribution in [0.3, 0.4) is 0 Å². The van der Waals surface area contributed by atoms with Crippen molar-refractivity contribution in [2.24, 2.45) is 0 Å². The highest BCUT2D eigenvalue weighted by molar-refractivity contribution is 5.79. The Morgan fingerprint density at radius 2 is 1.75 bits per heavy atom. The molecule has 1 aromatic heterocycles. The van der Waals surface area contributed by atoms with E-state index in [2.05, 4.69) is 20.4 Å².